The van der Waals surface area contributed by atoms with Crippen LogP contribution in [-0.2, 0) is 15.8 Å². The van der Waals surface area contributed by atoms with Crippen LogP contribution in [0.3, 0.4) is 0 Å². The molecule has 1 aliphatic heterocycles. The van der Waals surface area contributed by atoms with Crippen molar-refractivity contribution in [2.45, 2.75) is 31.9 Å². The molecule has 24 heavy (non-hydrogen) atoms. The molecule has 6 heteroatoms. The molecule has 0 atom stereocenters. The largest absolute Gasteiger partial charge is 0.396 e. The Bertz CT molecular complexity index is 801. The lowest BCUT2D eigenvalue weighted by Gasteiger charge is -2.39. The molecule has 2 aromatic rings. The second-order valence-corrected chi connectivity index (χ2v) is 8.63. The number of hydrogen-bond donors (Lipinski definition) is 1. The summed E-state index contributed by atoms with van der Waals surface area (Å²) in [5, 5.41) is 10.6. The van der Waals surface area contributed by atoms with E-state index in [4.69, 9.17) is 0 Å². The number of sulfonamides is 1. The van der Waals surface area contributed by atoms with E-state index >= 15 is 0 Å². The van der Waals surface area contributed by atoms with E-state index in [1.807, 2.05) is 30.3 Å². The molecule has 1 fully saturated rings. The number of piperidine rings is 1. The van der Waals surface area contributed by atoms with E-state index in [1.165, 1.54) is 0 Å². The molecule has 1 aromatic carbocycles. The Morgan fingerprint density at radius 2 is 1.92 bits per heavy atom. The summed E-state index contributed by atoms with van der Waals surface area (Å²) in [6.45, 7) is 3.15. The van der Waals surface area contributed by atoms with Crippen molar-refractivity contribution in [2.75, 3.05) is 19.7 Å². The van der Waals surface area contributed by atoms with Crippen LogP contribution in [0.1, 0.15) is 31.7 Å². The number of pyridine rings is 1. The van der Waals surface area contributed by atoms with Gasteiger partial charge in [0.05, 0.1) is 11.3 Å². The van der Waals surface area contributed by atoms with E-state index in [9.17, 15) is 13.5 Å². The van der Waals surface area contributed by atoms with E-state index in [2.05, 4.69) is 11.9 Å². The summed E-state index contributed by atoms with van der Waals surface area (Å²) in [7, 11) is -3.38. The molecule has 2 heterocycles. The SMILES string of the molecule is CCC1(CO)CCN(S(=O)(=O)Cc2cccc3cccnc23)CC1. The van der Waals surface area contributed by atoms with Gasteiger partial charge in [-0.05, 0) is 36.3 Å². The molecule has 0 spiro atoms. The van der Waals surface area contributed by atoms with Crippen LogP contribution in [0.5, 0.6) is 0 Å². The first-order valence-electron chi connectivity index (χ1n) is 8.41. The Morgan fingerprint density at radius 3 is 2.58 bits per heavy atom. The van der Waals surface area contributed by atoms with Crippen LogP contribution in [0.4, 0.5) is 0 Å². The third kappa shape index (κ3) is 3.31. The number of para-hydroxylation sites is 1. The number of nitrogens with zero attached hydrogens (tertiary/aromatic N) is 2. The van der Waals surface area contributed by atoms with Gasteiger partial charge in [-0.3, -0.25) is 4.98 Å². The third-order valence-corrected chi connectivity index (χ3v) is 7.14. The minimum atomic E-state index is -3.38. The second kappa shape index (κ2) is 6.78. The molecule has 130 valence electrons. The molecule has 0 bridgehead atoms. The van der Waals surface area contributed by atoms with Gasteiger partial charge in [-0.1, -0.05) is 31.2 Å². The van der Waals surface area contributed by atoms with Crippen molar-refractivity contribution in [1.29, 1.82) is 0 Å². The molecule has 0 unspecified atom stereocenters. The minimum absolute atomic E-state index is 0.0282. The maximum atomic E-state index is 12.8. The van der Waals surface area contributed by atoms with E-state index in [0.29, 0.717) is 25.9 Å². The van der Waals surface area contributed by atoms with Gasteiger partial charge in [0.1, 0.15) is 0 Å². The second-order valence-electron chi connectivity index (χ2n) is 6.66. The Morgan fingerprint density at radius 1 is 1.21 bits per heavy atom. The molecule has 3 rings (SSSR count). The van der Waals surface area contributed by atoms with Crippen molar-refractivity contribution in [3.8, 4) is 0 Å². The molecule has 0 saturated carbocycles. The van der Waals surface area contributed by atoms with Gasteiger partial charge >= 0.3 is 0 Å². The summed E-state index contributed by atoms with van der Waals surface area (Å²) < 4.78 is 27.2. The maximum Gasteiger partial charge on any atom is 0.218 e. The number of aromatic nitrogens is 1. The van der Waals surface area contributed by atoms with E-state index in [1.54, 1.807) is 10.5 Å². The number of benzene rings is 1. The first-order valence-corrected chi connectivity index (χ1v) is 10.0. The van der Waals surface area contributed by atoms with Gasteiger partial charge in [0.25, 0.3) is 0 Å². The van der Waals surface area contributed by atoms with Crippen LogP contribution in [0.25, 0.3) is 10.9 Å². The van der Waals surface area contributed by atoms with Gasteiger partial charge in [-0.15, -0.1) is 0 Å². The highest BCUT2D eigenvalue weighted by Gasteiger charge is 2.36. The van der Waals surface area contributed by atoms with Crippen molar-refractivity contribution >= 4 is 20.9 Å². The fourth-order valence-electron chi connectivity index (χ4n) is 3.43. The number of aliphatic hydroxyl groups is 1. The Labute approximate surface area is 143 Å². The standard InChI is InChI=1S/C18H24N2O3S/c1-2-18(14-21)8-11-20(12-9-18)24(22,23)13-16-6-3-5-15-7-4-10-19-17(15)16/h3-7,10,21H,2,8-9,11-14H2,1H3. The number of fused-ring (bicyclic) bond motifs is 1. The average Bonchev–Trinajstić information content (AvgIpc) is 2.62. The quantitative estimate of drug-likeness (QED) is 0.901. The van der Waals surface area contributed by atoms with Gasteiger partial charge in [0.2, 0.25) is 10.0 Å². The lowest BCUT2D eigenvalue weighted by atomic mass is 9.77. The van der Waals surface area contributed by atoms with Crippen LogP contribution in [0, 0.1) is 5.41 Å². The van der Waals surface area contributed by atoms with Crippen LogP contribution in [0.2, 0.25) is 0 Å². The normalized spacial score (nSPS) is 18.8. The van der Waals surface area contributed by atoms with Crippen LogP contribution < -0.4 is 0 Å². The zero-order valence-corrected chi connectivity index (χ0v) is 14.8. The first-order chi connectivity index (χ1) is 11.5. The zero-order valence-electron chi connectivity index (χ0n) is 14.0. The van der Waals surface area contributed by atoms with Gasteiger partial charge in [-0.25, -0.2) is 12.7 Å². The van der Waals surface area contributed by atoms with Gasteiger partial charge in [0, 0.05) is 31.3 Å². The summed E-state index contributed by atoms with van der Waals surface area (Å²) in [6.07, 6.45) is 4.00. The van der Waals surface area contributed by atoms with Gasteiger partial charge < -0.3 is 5.11 Å². The smallest absolute Gasteiger partial charge is 0.218 e. The third-order valence-electron chi connectivity index (χ3n) is 5.32. The topological polar surface area (TPSA) is 70.5 Å². The maximum absolute atomic E-state index is 12.8. The molecule has 1 N–H and O–H groups in total. The molecule has 1 aromatic heterocycles. The molecule has 1 aliphatic rings. The predicted molar refractivity (Wildman–Crippen MR) is 95.0 cm³/mol. The lowest BCUT2D eigenvalue weighted by molar-refractivity contribution is 0.0647. The number of hydrogen-bond acceptors (Lipinski definition) is 4. The van der Waals surface area contributed by atoms with Crippen LogP contribution in [0.15, 0.2) is 36.5 Å². The Kier molecular flexibility index (Phi) is 4.90. The monoisotopic (exact) mass is 348 g/mol. The van der Waals surface area contributed by atoms with Crippen LogP contribution in [-0.4, -0.2) is 42.5 Å². The Balaban J connectivity index is 1.79. The highest BCUT2D eigenvalue weighted by Crippen LogP contribution is 2.35. The average molecular weight is 348 g/mol. The fraction of sp³-hybridized carbons (Fsp3) is 0.500. The molecule has 0 radical (unpaired) electrons. The zero-order chi connectivity index (χ0) is 17.2. The fourth-order valence-corrected chi connectivity index (χ4v) is 4.98. The van der Waals surface area contributed by atoms with Crippen molar-refractivity contribution in [2.24, 2.45) is 5.41 Å². The van der Waals surface area contributed by atoms with Crippen molar-refractivity contribution < 1.29 is 13.5 Å². The molecular formula is C18H24N2O3S. The molecule has 5 nitrogen and oxygen atoms in total. The molecule has 1 saturated heterocycles. The highest BCUT2D eigenvalue weighted by atomic mass is 32.2. The summed E-state index contributed by atoms with van der Waals surface area (Å²) in [4.78, 5) is 4.34. The van der Waals surface area contributed by atoms with E-state index in [-0.39, 0.29) is 17.8 Å². The summed E-state index contributed by atoms with van der Waals surface area (Å²) in [5.41, 5.74) is 1.37. The molecule has 0 aliphatic carbocycles. The minimum Gasteiger partial charge on any atom is -0.396 e. The predicted octanol–water partition coefficient (Wildman–Crippen LogP) is 2.55. The number of aliphatic hydroxyl groups excluding tert-OH is 1. The van der Waals surface area contributed by atoms with Crippen molar-refractivity contribution in [3.63, 3.8) is 0 Å². The summed E-state index contributed by atoms with van der Waals surface area (Å²) >= 11 is 0. The van der Waals surface area contributed by atoms with E-state index < -0.39 is 10.0 Å². The summed E-state index contributed by atoms with van der Waals surface area (Å²) in [5.74, 6) is -0.0282. The van der Waals surface area contributed by atoms with E-state index in [0.717, 1.165) is 22.9 Å². The van der Waals surface area contributed by atoms with Crippen molar-refractivity contribution in [3.05, 3.63) is 42.1 Å². The lowest BCUT2D eigenvalue weighted by Crippen LogP contribution is -2.44. The highest BCUT2D eigenvalue weighted by molar-refractivity contribution is 7.88. The number of rotatable bonds is 5. The first kappa shape index (κ1) is 17.3. The van der Waals surface area contributed by atoms with Crippen molar-refractivity contribution in [1.82, 2.24) is 9.29 Å². The van der Waals surface area contributed by atoms with Crippen LogP contribution >= 0.6 is 0 Å². The van der Waals surface area contributed by atoms with Gasteiger partial charge in [0.15, 0.2) is 0 Å². The van der Waals surface area contributed by atoms with Gasteiger partial charge in [-0.2, -0.15) is 0 Å². The Hall–Kier alpha value is -1.50. The summed E-state index contributed by atoms with van der Waals surface area (Å²) in [6, 6.07) is 9.44. The molecule has 0 amide bonds. The molecular weight excluding hydrogens is 324 g/mol.